The molecule has 1 unspecified atom stereocenters. The van der Waals surface area contributed by atoms with Gasteiger partial charge in [0.05, 0.1) is 5.75 Å². The van der Waals surface area contributed by atoms with Crippen molar-refractivity contribution in [2.45, 2.75) is 60.0 Å². The van der Waals surface area contributed by atoms with Gasteiger partial charge in [0.1, 0.15) is 0 Å². The lowest BCUT2D eigenvalue weighted by Crippen LogP contribution is -2.43. The minimum absolute atomic E-state index is 0.137. The fourth-order valence-electron chi connectivity index (χ4n) is 1.57. The van der Waals surface area contributed by atoms with Gasteiger partial charge in [0.2, 0.25) is 5.91 Å². The van der Waals surface area contributed by atoms with Gasteiger partial charge in [0, 0.05) is 17.8 Å². The summed E-state index contributed by atoms with van der Waals surface area (Å²) in [5, 5.41) is 6.49. The molecule has 0 aliphatic carbocycles. The molecule has 0 aliphatic rings. The van der Waals surface area contributed by atoms with Crippen LogP contribution in [0.25, 0.3) is 0 Å². The van der Waals surface area contributed by atoms with Gasteiger partial charge >= 0.3 is 0 Å². The highest BCUT2D eigenvalue weighted by atomic mass is 32.2. The van der Waals surface area contributed by atoms with Crippen LogP contribution in [0.3, 0.4) is 0 Å². The average Bonchev–Trinajstić information content (AvgIpc) is 2.20. The first-order valence-corrected chi connectivity index (χ1v) is 8.03. The number of amides is 1. The summed E-state index contributed by atoms with van der Waals surface area (Å²) in [5.74, 6) is 1.67. The maximum Gasteiger partial charge on any atom is 0.230 e. The van der Waals surface area contributed by atoms with E-state index in [-0.39, 0.29) is 17.4 Å². The van der Waals surface area contributed by atoms with Gasteiger partial charge in [0.15, 0.2) is 0 Å². The molecular weight excluding hydrogens is 244 g/mol. The minimum Gasteiger partial charge on any atom is -0.353 e. The van der Waals surface area contributed by atoms with Crippen molar-refractivity contribution in [1.29, 1.82) is 0 Å². The van der Waals surface area contributed by atoms with E-state index in [0.29, 0.717) is 11.8 Å². The predicted octanol–water partition coefficient (Wildman–Crippen LogP) is 2.66. The Balaban J connectivity index is 4.00. The lowest BCUT2D eigenvalue weighted by atomic mass is 9.88. The lowest BCUT2D eigenvalue weighted by Gasteiger charge is -2.31. The smallest absolute Gasteiger partial charge is 0.230 e. The third-order valence-corrected chi connectivity index (χ3v) is 3.69. The molecule has 0 saturated carbocycles. The normalized spacial score (nSPS) is 13.7. The summed E-state index contributed by atoms with van der Waals surface area (Å²) in [7, 11) is 0. The second-order valence-electron chi connectivity index (χ2n) is 6.11. The maximum atomic E-state index is 11.5. The number of thioether (sulfide) groups is 1. The first kappa shape index (κ1) is 17.8. The topological polar surface area (TPSA) is 41.1 Å². The highest BCUT2D eigenvalue weighted by Gasteiger charge is 2.23. The van der Waals surface area contributed by atoms with Gasteiger partial charge in [-0.2, -0.15) is 11.8 Å². The van der Waals surface area contributed by atoms with Crippen LogP contribution in [-0.2, 0) is 4.79 Å². The van der Waals surface area contributed by atoms with Crippen LogP contribution in [0.15, 0.2) is 0 Å². The number of hydrogen-bond acceptors (Lipinski definition) is 3. The van der Waals surface area contributed by atoms with E-state index in [9.17, 15) is 4.79 Å². The van der Waals surface area contributed by atoms with Gasteiger partial charge in [-0.1, -0.05) is 27.7 Å². The summed E-state index contributed by atoms with van der Waals surface area (Å²) in [5.41, 5.74) is 0.233. The number of nitrogens with one attached hydrogen (secondary N) is 2. The zero-order valence-electron chi connectivity index (χ0n) is 12.8. The lowest BCUT2D eigenvalue weighted by molar-refractivity contribution is -0.119. The predicted molar refractivity (Wildman–Crippen MR) is 82.1 cm³/mol. The SMILES string of the molecule is CCCNC(CSCC(=O)NC(C)C)C(C)(C)C. The van der Waals surface area contributed by atoms with E-state index in [1.54, 1.807) is 11.8 Å². The number of rotatable bonds is 8. The molecule has 0 rings (SSSR count). The largest absolute Gasteiger partial charge is 0.353 e. The van der Waals surface area contributed by atoms with Crippen LogP contribution < -0.4 is 10.6 Å². The molecule has 1 atom stereocenters. The van der Waals surface area contributed by atoms with Gasteiger partial charge in [-0.3, -0.25) is 4.79 Å². The summed E-state index contributed by atoms with van der Waals surface area (Å²) in [4.78, 5) is 11.5. The Labute approximate surface area is 117 Å². The van der Waals surface area contributed by atoms with Crippen molar-refractivity contribution in [3.63, 3.8) is 0 Å². The highest BCUT2D eigenvalue weighted by Crippen LogP contribution is 2.22. The molecule has 0 heterocycles. The number of carbonyl (C=O) groups excluding carboxylic acids is 1. The third-order valence-electron chi connectivity index (χ3n) is 2.65. The minimum atomic E-state index is 0.137. The molecule has 0 saturated heterocycles. The van der Waals surface area contributed by atoms with Crippen LogP contribution in [-0.4, -0.2) is 36.0 Å². The molecule has 0 aromatic rings. The molecule has 3 nitrogen and oxygen atoms in total. The summed E-state index contributed by atoms with van der Waals surface area (Å²) >= 11 is 1.71. The third kappa shape index (κ3) is 8.81. The maximum absolute atomic E-state index is 11.5. The molecule has 0 fully saturated rings. The summed E-state index contributed by atoms with van der Waals surface area (Å²) in [6, 6.07) is 0.684. The molecule has 0 aliphatic heterocycles. The Morgan fingerprint density at radius 2 is 1.89 bits per heavy atom. The van der Waals surface area contributed by atoms with E-state index in [1.807, 2.05) is 13.8 Å². The van der Waals surface area contributed by atoms with E-state index in [0.717, 1.165) is 18.7 Å². The van der Waals surface area contributed by atoms with Crippen molar-refractivity contribution in [1.82, 2.24) is 10.6 Å². The zero-order valence-corrected chi connectivity index (χ0v) is 13.6. The first-order chi connectivity index (χ1) is 8.27. The van der Waals surface area contributed by atoms with Crippen molar-refractivity contribution in [2.24, 2.45) is 5.41 Å². The Kier molecular flexibility index (Phi) is 8.70. The van der Waals surface area contributed by atoms with Crippen molar-refractivity contribution in [3.05, 3.63) is 0 Å². The van der Waals surface area contributed by atoms with Crippen molar-refractivity contribution in [3.8, 4) is 0 Å². The highest BCUT2D eigenvalue weighted by molar-refractivity contribution is 8.00. The van der Waals surface area contributed by atoms with Crippen LogP contribution >= 0.6 is 11.8 Å². The molecule has 0 radical (unpaired) electrons. The standard InChI is InChI=1S/C14H30N2OS/c1-7-8-15-12(14(4,5)6)9-18-10-13(17)16-11(2)3/h11-12,15H,7-10H2,1-6H3,(H,16,17). The molecule has 0 aromatic heterocycles. The number of hydrogen-bond donors (Lipinski definition) is 2. The fourth-order valence-corrected chi connectivity index (χ4v) is 2.81. The second kappa shape index (κ2) is 8.81. The quantitative estimate of drug-likeness (QED) is 0.715. The van der Waals surface area contributed by atoms with Crippen LogP contribution in [0, 0.1) is 5.41 Å². The molecule has 0 aromatic carbocycles. The number of carbonyl (C=O) groups is 1. The molecule has 1 amide bonds. The molecule has 0 bridgehead atoms. The van der Waals surface area contributed by atoms with Gasteiger partial charge in [-0.25, -0.2) is 0 Å². The van der Waals surface area contributed by atoms with Crippen molar-refractivity contribution in [2.75, 3.05) is 18.1 Å². The molecule has 0 spiro atoms. The van der Waals surface area contributed by atoms with Crippen molar-refractivity contribution < 1.29 is 4.79 Å². The van der Waals surface area contributed by atoms with Crippen molar-refractivity contribution >= 4 is 17.7 Å². The van der Waals surface area contributed by atoms with E-state index < -0.39 is 0 Å². The van der Waals surface area contributed by atoms with Crippen LogP contribution in [0.2, 0.25) is 0 Å². The summed E-state index contributed by atoms with van der Waals surface area (Å²) in [6.45, 7) is 13.9. The fraction of sp³-hybridized carbons (Fsp3) is 0.929. The Morgan fingerprint density at radius 3 is 2.33 bits per heavy atom. The van der Waals surface area contributed by atoms with E-state index in [1.165, 1.54) is 0 Å². The summed E-state index contributed by atoms with van der Waals surface area (Å²) < 4.78 is 0. The Bertz CT molecular complexity index is 236. The zero-order chi connectivity index (χ0) is 14.2. The van der Waals surface area contributed by atoms with Gasteiger partial charge in [-0.15, -0.1) is 0 Å². The van der Waals surface area contributed by atoms with Crippen LogP contribution in [0.5, 0.6) is 0 Å². The summed E-state index contributed by atoms with van der Waals surface area (Å²) in [6.07, 6.45) is 1.14. The monoisotopic (exact) mass is 274 g/mol. The van der Waals surface area contributed by atoms with Gasteiger partial charge in [-0.05, 0) is 32.2 Å². The average molecular weight is 274 g/mol. The Morgan fingerprint density at radius 1 is 1.28 bits per heavy atom. The second-order valence-corrected chi connectivity index (χ2v) is 7.14. The van der Waals surface area contributed by atoms with E-state index in [4.69, 9.17) is 0 Å². The molecule has 4 heteroatoms. The first-order valence-electron chi connectivity index (χ1n) is 6.87. The van der Waals surface area contributed by atoms with Gasteiger partial charge < -0.3 is 10.6 Å². The molecular formula is C14H30N2OS. The molecule has 2 N–H and O–H groups in total. The molecule has 18 heavy (non-hydrogen) atoms. The van der Waals surface area contributed by atoms with Crippen LogP contribution in [0.4, 0.5) is 0 Å². The Hall–Kier alpha value is -0.220. The van der Waals surface area contributed by atoms with Crippen LogP contribution in [0.1, 0.15) is 48.0 Å². The van der Waals surface area contributed by atoms with E-state index in [2.05, 4.69) is 38.3 Å². The molecule has 108 valence electrons. The van der Waals surface area contributed by atoms with E-state index >= 15 is 0 Å². The van der Waals surface area contributed by atoms with Gasteiger partial charge in [0.25, 0.3) is 0 Å².